The van der Waals surface area contributed by atoms with E-state index in [0.29, 0.717) is 13.1 Å². The molecule has 1 amide bonds. The average molecular weight is 431 g/mol. The Morgan fingerprint density at radius 3 is 2.62 bits per heavy atom. The zero-order chi connectivity index (χ0) is 22.3. The summed E-state index contributed by atoms with van der Waals surface area (Å²) in [6.07, 6.45) is 1.79. The van der Waals surface area contributed by atoms with Crippen molar-refractivity contribution in [2.45, 2.75) is 25.9 Å². The van der Waals surface area contributed by atoms with E-state index in [9.17, 15) is 4.79 Å². The lowest BCUT2D eigenvalue weighted by molar-refractivity contribution is -0.129. The first-order valence-electron chi connectivity index (χ1n) is 10.5. The second-order valence-corrected chi connectivity index (χ2v) is 7.60. The fourth-order valence-corrected chi connectivity index (χ4v) is 3.53. The average Bonchev–Trinajstić information content (AvgIpc) is 3.28. The highest BCUT2D eigenvalue weighted by Crippen LogP contribution is 2.29. The Balaban J connectivity index is 1.46. The summed E-state index contributed by atoms with van der Waals surface area (Å²) in [6, 6.07) is 20.6. The normalized spacial score (nSPS) is 11.9. The van der Waals surface area contributed by atoms with Gasteiger partial charge in [0.25, 0.3) is 0 Å². The summed E-state index contributed by atoms with van der Waals surface area (Å²) in [6.45, 7) is 3.24. The van der Waals surface area contributed by atoms with Crippen LogP contribution in [0.4, 0.5) is 5.82 Å². The standard InChI is InChI=1S/C24H26N6O2/c1-16(18-5-3-2-4-6-18)28-23-20-13-21(29-24(20)27-15-26-23)19-9-7-17(8-10-19)14-25-12-11-22(31)30-32/h2-10,13,15-16,25,32H,11-12,14H2,1H3,(H,30,31)(H2,26,27,28,29). The van der Waals surface area contributed by atoms with Crippen LogP contribution >= 0.6 is 0 Å². The van der Waals surface area contributed by atoms with Gasteiger partial charge in [0.1, 0.15) is 17.8 Å². The molecule has 0 spiro atoms. The maximum absolute atomic E-state index is 11.0. The minimum Gasteiger partial charge on any atom is -0.363 e. The number of H-pyrrole nitrogens is 1. The molecule has 0 saturated heterocycles. The molecule has 2 aromatic carbocycles. The molecule has 5 N–H and O–H groups in total. The Hall–Kier alpha value is -3.75. The Kier molecular flexibility index (Phi) is 6.74. The van der Waals surface area contributed by atoms with Crippen molar-refractivity contribution in [2.24, 2.45) is 0 Å². The van der Waals surface area contributed by atoms with Crippen molar-refractivity contribution >= 4 is 22.8 Å². The van der Waals surface area contributed by atoms with E-state index in [4.69, 9.17) is 5.21 Å². The fraction of sp³-hybridized carbons (Fsp3) is 0.208. The van der Waals surface area contributed by atoms with Crippen LogP contribution in [0.15, 0.2) is 67.0 Å². The van der Waals surface area contributed by atoms with E-state index in [0.717, 1.165) is 33.7 Å². The van der Waals surface area contributed by atoms with E-state index in [1.54, 1.807) is 11.8 Å². The molecule has 0 aliphatic rings. The molecular weight excluding hydrogens is 404 g/mol. The van der Waals surface area contributed by atoms with Gasteiger partial charge in [-0.2, -0.15) is 0 Å². The summed E-state index contributed by atoms with van der Waals surface area (Å²) in [4.78, 5) is 23.3. The molecule has 164 valence electrons. The monoisotopic (exact) mass is 430 g/mol. The van der Waals surface area contributed by atoms with Crippen molar-refractivity contribution in [2.75, 3.05) is 11.9 Å². The van der Waals surface area contributed by atoms with Crippen LogP contribution in [0.2, 0.25) is 0 Å². The number of benzene rings is 2. The van der Waals surface area contributed by atoms with Crippen LogP contribution in [0.5, 0.6) is 0 Å². The molecule has 2 heterocycles. The molecule has 0 fully saturated rings. The summed E-state index contributed by atoms with van der Waals surface area (Å²) in [5.41, 5.74) is 6.72. The summed E-state index contributed by atoms with van der Waals surface area (Å²) in [5.74, 6) is 0.392. The smallest absolute Gasteiger partial charge is 0.244 e. The van der Waals surface area contributed by atoms with Gasteiger partial charge in [0.15, 0.2) is 0 Å². The number of fused-ring (bicyclic) bond motifs is 1. The van der Waals surface area contributed by atoms with Crippen molar-refractivity contribution < 1.29 is 10.0 Å². The van der Waals surface area contributed by atoms with Crippen molar-refractivity contribution in [3.8, 4) is 11.3 Å². The summed E-state index contributed by atoms with van der Waals surface area (Å²) < 4.78 is 0. The first-order chi connectivity index (χ1) is 15.6. The molecule has 8 nitrogen and oxygen atoms in total. The number of amides is 1. The molecule has 8 heteroatoms. The lowest BCUT2D eigenvalue weighted by Gasteiger charge is -2.15. The molecule has 0 aliphatic heterocycles. The lowest BCUT2D eigenvalue weighted by atomic mass is 10.1. The molecule has 32 heavy (non-hydrogen) atoms. The number of hydrogen-bond donors (Lipinski definition) is 5. The number of carbonyl (C=O) groups excluding carboxylic acids is 1. The molecule has 0 aliphatic carbocycles. The number of hydroxylamine groups is 1. The number of aromatic amines is 1. The number of aromatic nitrogens is 3. The maximum Gasteiger partial charge on any atom is 0.244 e. The Bertz CT molecular complexity index is 1170. The minimum absolute atomic E-state index is 0.114. The Labute approximate surface area is 186 Å². The number of rotatable bonds is 9. The molecule has 4 aromatic rings. The van der Waals surface area contributed by atoms with Gasteiger partial charge < -0.3 is 15.6 Å². The van der Waals surface area contributed by atoms with Gasteiger partial charge >= 0.3 is 0 Å². The second kappa shape index (κ2) is 10.0. The SMILES string of the molecule is CC(Nc1ncnc2[nH]c(-c3ccc(CNCCC(=O)NO)cc3)cc12)c1ccccc1. The van der Waals surface area contributed by atoms with E-state index in [-0.39, 0.29) is 12.5 Å². The van der Waals surface area contributed by atoms with Crippen LogP contribution < -0.4 is 16.1 Å². The Morgan fingerprint density at radius 1 is 1.09 bits per heavy atom. The molecule has 1 unspecified atom stereocenters. The van der Waals surface area contributed by atoms with Crippen molar-refractivity contribution in [1.82, 2.24) is 25.7 Å². The molecule has 0 saturated carbocycles. The van der Waals surface area contributed by atoms with Gasteiger partial charge in [0.2, 0.25) is 5.91 Å². The largest absolute Gasteiger partial charge is 0.363 e. The number of nitrogens with one attached hydrogen (secondary N) is 4. The van der Waals surface area contributed by atoms with Crippen molar-refractivity contribution in [3.05, 3.63) is 78.1 Å². The predicted octanol–water partition coefficient (Wildman–Crippen LogP) is 3.78. The van der Waals surface area contributed by atoms with Crippen LogP contribution in [0.3, 0.4) is 0 Å². The molecule has 2 aromatic heterocycles. The number of anilines is 1. The molecule has 4 rings (SSSR count). The highest BCUT2D eigenvalue weighted by atomic mass is 16.5. The zero-order valence-electron chi connectivity index (χ0n) is 17.8. The van der Waals surface area contributed by atoms with Crippen LogP contribution in [-0.2, 0) is 11.3 Å². The number of carbonyl (C=O) groups is 1. The third-order valence-corrected chi connectivity index (χ3v) is 5.33. The van der Waals surface area contributed by atoms with Gasteiger partial charge in [-0.25, -0.2) is 15.4 Å². The first kappa shape index (κ1) is 21.5. The van der Waals surface area contributed by atoms with Crippen molar-refractivity contribution in [3.63, 3.8) is 0 Å². The minimum atomic E-state index is -0.401. The number of nitrogens with zero attached hydrogens (tertiary/aromatic N) is 2. The van der Waals surface area contributed by atoms with Gasteiger partial charge in [-0.3, -0.25) is 10.0 Å². The van der Waals surface area contributed by atoms with Crippen molar-refractivity contribution in [1.29, 1.82) is 0 Å². The molecular formula is C24H26N6O2. The van der Waals surface area contributed by atoms with Gasteiger partial charge in [-0.1, -0.05) is 54.6 Å². The van der Waals surface area contributed by atoms with Crippen LogP contribution in [0.1, 0.15) is 30.5 Å². The quantitative estimate of drug-likeness (QED) is 0.157. The second-order valence-electron chi connectivity index (χ2n) is 7.60. The summed E-state index contributed by atoms with van der Waals surface area (Å²) in [5, 5.41) is 16.1. The van der Waals surface area contributed by atoms with Crippen LogP contribution in [0.25, 0.3) is 22.3 Å². The van der Waals surface area contributed by atoms with Gasteiger partial charge in [-0.05, 0) is 29.7 Å². The van der Waals surface area contributed by atoms with E-state index >= 15 is 0 Å². The van der Waals surface area contributed by atoms with Crippen LogP contribution in [-0.4, -0.2) is 32.6 Å². The van der Waals surface area contributed by atoms with E-state index in [1.807, 2.05) is 30.3 Å². The topological polar surface area (TPSA) is 115 Å². The van der Waals surface area contributed by atoms with E-state index in [2.05, 4.69) is 62.8 Å². The molecule has 0 bridgehead atoms. The highest BCUT2D eigenvalue weighted by molar-refractivity contribution is 5.91. The summed E-state index contributed by atoms with van der Waals surface area (Å²) >= 11 is 0. The number of hydrogen-bond acceptors (Lipinski definition) is 6. The predicted molar refractivity (Wildman–Crippen MR) is 124 cm³/mol. The van der Waals surface area contributed by atoms with E-state index < -0.39 is 5.91 Å². The highest BCUT2D eigenvalue weighted by Gasteiger charge is 2.12. The lowest BCUT2D eigenvalue weighted by Crippen LogP contribution is -2.24. The van der Waals surface area contributed by atoms with Crippen LogP contribution in [0, 0.1) is 0 Å². The summed E-state index contributed by atoms with van der Waals surface area (Å²) in [7, 11) is 0. The van der Waals surface area contributed by atoms with Gasteiger partial charge in [0.05, 0.1) is 5.39 Å². The fourth-order valence-electron chi connectivity index (χ4n) is 3.53. The molecule has 1 atom stereocenters. The third kappa shape index (κ3) is 5.11. The van der Waals surface area contributed by atoms with E-state index in [1.165, 1.54) is 5.56 Å². The zero-order valence-corrected chi connectivity index (χ0v) is 17.8. The maximum atomic E-state index is 11.0. The first-order valence-corrected chi connectivity index (χ1v) is 10.5. The van der Waals surface area contributed by atoms with Gasteiger partial charge in [0, 0.05) is 31.2 Å². The Morgan fingerprint density at radius 2 is 1.88 bits per heavy atom. The third-order valence-electron chi connectivity index (χ3n) is 5.33. The van der Waals surface area contributed by atoms with Gasteiger partial charge in [-0.15, -0.1) is 0 Å². The molecule has 0 radical (unpaired) electrons.